The molecule has 2 saturated heterocycles. The Morgan fingerprint density at radius 2 is 1.97 bits per heavy atom. The molecule has 9 heteroatoms. The molecule has 4 heterocycles. The second-order valence-corrected chi connectivity index (χ2v) is 9.88. The molecule has 3 aliphatic rings. The van der Waals surface area contributed by atoms with E-state index in [2.05, 4.69) is 15.5 Å². The van der Waals surface area contributed by atoms with Gasteiger partial charge in [0.1, 0.15) is 6.04 Å². The molecular formula is C25H37N5O4. The van der Waals surface area contributed by atoms with Crippen LogP contribution >= 0.6 is 0 Å². The van der Waals surface area contributed by atoms with Crippen LogP contribution < -0.4 is 16.2 Å². The number of likely N-dealkylation sites (tertiary alicyclic amines) is 2. The van der Waals surface area contributed by atoms with E-state index in [9.17, 15) is 19.5 Å². The van der Waals surface area contributed by atoms with E-state index >= 15 is 0 Å². The lowest BCUT2D eigenvalue weighted by Crippen LogP contribution is -2.54. The van der Waals surface area contributed by atoms with Gasteiger partial charge in [0, 0.05) is 55.4 Å². The molecule has 2 fully saturated rings. The van der Waals surface area contributed by atoms with Gasteiger partial charge in [-0.25, -0.2) is 4.79 Å². The number of carbonyl (C=O) groups excluding carboxylic acids is 2. The molecule has 0 bridgehead atoms. The normalized spacial score (nSPS) is 26.3. The highest BCUT2D eigenvalue weighted by molar-refractivity contribution is 5.88. The summed E-state index contributed by atoms with van der Waals surface area (Å²) in [6, 6.07) is 1.94. The zero-order valence-electron chi connectivity index (χ0n) is 20.4. The van der Waals surface area contributed by atoms with E-state index in [1.165, 1.54) is 12.8 Å². The largest absolute Gasteiger partial charge is 0.396 e. The first-order valence-corrected chi connectivity index (χ1v) is 12.4. The van der Waals surface area contributed by atoms with Crippen LogP contribution in [0.15, 0.2) is 23.0 Å². The lowest BCUT2D eigenvalue weighted by Gasteiger charge is -2.32. The Balaban J connectivity index is 1.64. The summed E-state index contributed by atoms with van der Waals surface area (Å²) in [5.41, 5.74) is 1.19. The second kappa shape index (κ2) is 10.3. The van der Waals surface area contributed by atoms with Crippen molar-refractivity contribution in [3.8, 4) is 0 Å². The van der Waals surface area contributed by atoms with Crippen molar-refractivity contribution >= 4 is 18.0 Å². The molecule has 1 aromatic rings. The average Bonchev–Trinajstić information content (AvgIpc) is 3.50. The molecule has 0 radical (unpaired) electrons. The van der Waals surface area contributed by atoms with Crippen LogP contribution in [0.2, 0.25) is 0 Å². The number of carbonyl (C=O) groups is 2. The fourth-order valence-corrected chi connectivity index (χ4v) is 5.80. The van der Waals surface area contributed by atoms with E-state index in [0.29, 0.717) is 24.3 Å². The minimum absolute atomic E-state index is 0.112. The number of fused-ring (bicyclic) bond motifs is 3. The molecule has 9 nitrogen and oxygen atoms in total. The Labute approximate surface area is 200 Å². The van der Waals surface area contributed by atoms with Gasteiger partial charge in [-0.3, -0.25) is 9.59 Å². The number of rotatable bonds is 7. The number of hydrogen-bond acceptors (Lipinski definition) is 5. The number of aliphatic hydroxyl groups is 1. The molecular weight excluding hydrogens is 434 g/mol. The van der Waals surface area contributed by atoms with Gasteiger partial charge in [0.15, 0.2) is 0 Å². The van der Waals surface area contributed by atoms with Crippen molar-refractivity contribution in [2.75, 3.05) is 32.8 Å². The Bertz CT molecular complexity index is 998. The number of aliphatic hydroxyl groups excluding tert-OH is 1. The maximum absolute atomic E-state index is 13.4. The highest BCUT2D eigenvalue weighted by Gasteiger charge is 2.57. The summed E-state index contributed by atoms with van der Waals surface area (Å²) in [5.74, 6) is -0.920. The van der Waals surface area contributed by atoms with Gasteiger partial charge < -0.3 is 30.1 Å². The summed E-state index contributed by atoms with van der Waals surface area (Å²) in [7, 11) is 0. The van der Waals surface area contributed by atoms with Gasteiger partial charge >= 0.3 is 6.03 Å². The molecule has 4 rings (SSSR count). The van der Waals surface area contributed by atoms with Crippen molar-refractivity contribution < 1.29 is 14.7 Å². The zero-order valence-corrected chi connectivity index (χ0v) is 20.4. The predicted molar refractivity (Wildman–Crippen MR) is 130 cm³/mol. The molecule has 1 aromatic heterocycles. The third-order valence-corrected chi connectivity index (χ3v) is 7.29. The maximum atomic E-state index is 13.4. The number of nitrogens with one attached hydrogen (secondary N) is 2. The van der Waals surface area contributed by atoms with Gasteiger partial charge in [0.25, 0.3) is 5.56 Å². The number of pyridine rings is 1. The van der Waals surface area contributed by atoms with Gasteiger partial charge in [-0.05, 0) is 58.8 Å². The predicted octanol–water partition coefficient (Wildman–Crippen LogP) is 1.18. The van der Waals surface area contributed by atoms with Crippen LogP contribution in [0.25, 0.3) is 6.08 Å². The first-order valence-electron chi connectivity index (χ1n) is 12.4. The van der Waals surface area contributed by atoms with Crippen LogP contribution in [0, 0.1) is 11.8 Å². The molecule has 186 valence electrons. The third-order valence-electron chi connectivity index (χ3n) is 7.29. The standard InChI is InChI=1S/C25H37N5O4/c1-4-7-17-8-9-20-21-18(14-29(20)24(17)33)19(15-31)22(30(21)25(34)27-16(2)3)23(32)26-10-13-28-11-5-6-12-28/h4,7-9,16,18-19,21-22,31H,5-6,10-15H2,1-3H3,(H,26,32)(H,27,34)/t18-,19-,21+,22-/m1/s1. The Kier molecular flexibility index (Phi) is 7.42. The molecule has 3 amide bonds. The number of allylic oxidation sites excluding steroid dienone is 1. The van der Waals surface area contributed by atoms with Gasteiger partial charge in [-0.15, -0.1) is 0 Å². The van der Waals surface area contributed by atoms with Crippen molar-refractivity contribution in [2.45, 2.75) is 58.3 Å². The smallest absolute Gasteiger partial charge is 0.318 e. The average molecular weight is 472 g/mol. The van der Waals surface area contributed by atoms with Gasteiger partial charge in [-0.2, -0.15) is 0 Å². The van der Waals surface area contributed by atoms with Gasteiger partial charge in [0.2, 0.25) is 5.91 Å². The van der Waals surface area contributed by atoms with Crippen molar-refractivity contribution in [1.29, 1.82) is 0 Å². The summed E-state index contributed by atoms with van der Waals surface area (Å²) in [6.07, 6.45) is 5.96. The van der Waals surface area contributed by atoms with E-state index in [4.69, 9.17) is 0 Å². The minimum atomic E-state index is -0.795. The molecule has 3 N–H and O–H groups in total. The fourth-order valence-electron chi connectivity index (χ4n) is 5.80. The van der Waals surface area contributed by atoms with Crippen molar-refractivity contribution in [3.05, 3.63) is 39.8 Å². The maximum Gasteiger partial charge on any atom is 0.318 e. The summed E-state index contributed by atoms with van der Waals surface area (Å²) < 4.78 is 1.70. The summed E-state index contributed by atoms with van der Waals surface area (Å²) in [6.45, 7) is 9.12. The zero-order chi connectivity index (χ0) is 24.4. The molecule has 0 aliphatic carbocycles. The Morgan fingerprint density at radius 3 is 2.62 bits per heavy atom. The lowest BCUT2D eigenvalue weighted by atomic mass is 9.88. The van der Waals surface area contributed by atoms with Crippen LogP contribution in [-0.4, -0.2) is 76.3 Å². The van der Waals surface area contributed by atoms with E-state index in [1.54, 1.807) is 21.6 Å². The summed E-state index contributed by atoms with van der Waals surface area (Å²) >= 11 is 0. The van der Waals surface area contributed by atoms with Crippen molar-refractivity contribution in [2.24, 2.45) is 11.8 Å². The lowest BCUT2D eigenvalue weighted by molar-refractivity contribution is -0.126. The molecule has 0 aromatic carbocycles. The van der Waals surface area contributed by atoms with E-state index < -0.39 is 18.0 Å². The molecule has 4 atom stereocenters. The molecule has 34 heavy (non-hydrogen) atoms. The first-order chi connectivity index (χ1) is 16.4. The Hall–Kier alpha value is -2.65. The van der Waals surface area contributed by atoms with Crippen LogP contribution in [-0.2, 0) is 11.3 Å². The third kappa shape index (κ3) is 4.51. The van der Waals surface area contributed by atoms with Crippen molar-refractivity contribution in [3.63, 3.8) is 0 Å². The van der Waals surface area contributed by atoms with Crippen LogP contribution in [0.5, 0.6) is 0 Å². The quantitative estimate of drug-likeness (QED) is 0.554. The number of hydrogen-bond donors (Lipinski definition) is 3. The molecule has 0 saturated carbocycles. The van der Waals surface area contributed by atoms with Crippen LogP contribution in [0.3, 0.4) is 0 Å². The number of amides is 3. The monoisotopic (exact) mass is 471 g/mol. The molecule has 3 aliphatic heterocycles. The summed E-state index contributed by atoms with van der Waals surface area (Å²) in [4.78, 5) is 43.7. The number of aromatic nitrogens is 1. The summed E-state index contributed by atoms with van der Waals surface area (Å²) in [5, 5.41) is 16.3. The number of nitrogens with zero attached hydrogens (tertiary/aromatic N) is 3. The highest BCUT2D eigenvalue weighted by Crippen LogP contribution is 2.49. The SMILES string of the molecule is CC=Cc1ccc2n(c1=O)C[C@@H]1[C@@H](CO)[C@H](C(=O)NCCN3CCCC3)N(C(=O)NC(C)C)[C@H]21. The van der Waals surface area contributed by atoms with Crippen LogP contribution in [0.4, 0.5) is 4.79 Å². The Morgan fingerprint density at radius 1 is 1.24 bits per heavy atom. The van der Waals surface area contributed by atoms with Gasteiger partial charge in [-0.1, -0.05) is 12.2 Å². The number of urea groups is 1. The van der Waals surface area contributed by atoms with Gasteiger partial charge in [0.05, 0.1) is 6.04 Å². The van der Waals surface area contributed by atoms with E-state index in [-0.39, 0.29) is 36.1 Å². The van der Waals surface area contributed by atoms with E-state index in [1.807, 2.05) is 32.9 Å². The molecule has 0 spiro atoms. The second-order valence-electron chi connectivity index (χ2n) is 9.88. The fraction of sp³-hybridized carbons (Fsp3) is 0.640. The van der Waals surface area contributed by atoms with Crippen molar-refractivity contribution in [1.82, 2.24) is 25.0 Å². The van der Waals surface area contributed by atoms with E-state index in [0.717, 1.165) is 19.6 Å². The molecule has 0 unspecified atom stereocenters. The minimum Gasteiger partial charge on any atom is -0.396 e. The first kappa shape index (κ1) is 24.5. The topological polar surface area (TPSA) is 107 Å². The van der Waals surface area contributed by atoms with Crippen LogP contribution in [0.1, 0.15) is 50.9 Å². The highest BCUT2D eigenvalue weighted by atomic mass is 16.3.